The average molecular weight is 564 g/mol. The molecule has 0 radical (unpaired) electrons. The Bertz CT molecular complexity index is 1210. The van der Waals surface area contributed by atoms with Gasteiger partial charge in [-0.3, -0.25) is 4.90 Å². The molecule has 36 heavy (non-hydrogen) atoms. The van der Waals surface area contributed by atoms with Crippen molar-refractivity contribution < 1.29 is 31.2 Å². The minimum Gasteiger partial charge on any atom is -0.342 e. The number of benzene rings is 2. The highest BCUT2D eigenvalue weighted by Gasteiger charge is 2.50. The van der Waals surface area contributed by atoms with Gasteiger partial charge in [0.05, 0.1) is 4.90 Å². The molecule has 2 atom stereocenters. The summed E-state index contributed by atoms with van der Waals surface area (Å²) in [4.78, 5) is 17.9. The summed E-state index contributed by atoms with van der Waals surface area (Å²) in [5, 5.41) is 0.885. The number of nitrogens with one attached hydrogen (secondary N) is 1. The van der Waals surface area contributed by atoms with E-state index in [4.69, 9.17) is 11.6 Å². The van der Waals surface area contributed by atoms with Crippen LogP contribution in [0.3, 0.4) is 0 Å². The van der Waals surface area contributed by atoms with Gasteiger partial charge in [-0.25, -0.2) is 23.6 Å². The van der Waals surface area contributed by atoms with Gasteiger partial charge in [0.1, 0.15) is 0 Å². The van der Waals surface area contributed by atoms with Gasteiger partial charge in [-0.2, -0.15) is 17.6 Å². The Morgan fingerprint density at radius 3 is 2.44 bits per heavy atom. The summed E-state index contributed by atoms with van der Waals surface area (Å²) in [6.45, 7) is 1.97. The molecule has 9 nitrogen and oxygen atoms in total. The molecule has 194 valence electrons. The number of amidine groups is 1. The minimum absolute atomic E-state index is 0.0224. The van der Waals surface area contributed by atoms with Crippen molar-refractivity contribution in [2.24, 2.45) is 4.40 Å². The number of halogens is 4. The number of hydrazine groups is 1. The van der Waals surface area contributed by atoms with Crippen LogP contribution in [0.2, 0.25) is 0 Å². The first-order valence-electron chi connectivity index (χ1n) is 10.7. The molecule has 4 rings (SSSR count). The van der Waals surface area contributed by atoms with Gasteiger partial charge in [0.25, 0.3) is 10.0 Å². The quantitative estimate of drug-likeness (QED) is 0.297. The van der Waals surface area contributed by atoms with E-state index in [1.54, 1.807) is 0 Å². The average Bonchev–Trinajstić information content (AvgIpc) is 3.44. The molecule has 0 spiro atoms. The van der Waals surface area contributed by atoms with Gasteiger partial charge < -0.3 is 4.84 Å². The standard InChI is InChI=1S/C21H21ClF3N5O4S2/c22-19-27-35-20(29(19)26-16-11-12-28(14-16)13-15-7-3-1-4-8-15)30(34-18(31)21(23,24)25)36(32,33)17-9-5-2-6-10-17/h1-10,16,20,26H,11-14H2/t16?,20-/m0/s1. The Kier molecular flexibility index (Phi) is 8.12. The lowest BCUT2D eigenvalue weighted by Gasteiger charge is -2.33. The van der Waals surface area contributed by atoms with Crippen LogP contribution in [0.25, 0.3) is 0 Å². The van der Waals surface area contributed by atoms with Crippen molar-refractivity contribution in [2.75, 3.05) is 13.1 Å². The van der Waals surface area contributed by atoms with E-state index in [1.165, 1.54) is 30.3 Å². The number of carbonyl (C=O) groups is 1. The maximum Gasteiger partial charge on any atom is 0.492 e. The Morgan fingerprint density at radius 1 is 1.17 bits per heavy atom. The van der Waals surface area contributed by atoms with Crippen molar-refractivity contribution >= 4 is 44.8 Å². The summed E-state index contributed by atoms with van der Waals surface area (Å²) in [5.41, 5.74) is 2.60. The molecule has 1 fully saturated rings. The van der Waals surface area contributed by atoms with Crippen LogP contribution in [0.1, 0.15) is 12.0 Å². The second-order valence-electron chi connectivity index (χ2n) is 7.95. The van der Waals surface area contributed by atoms with E-state index < -0.39 is 27.7 Å². The van der Waals surface area contributed by atoms with Gasteiger partial charge in [0.15, 0.2) is 0 Å². The van der Waals surface area contributed by atoms with E-state index in [1.807, 2.05) is 30.3 Å². The van der Waals surface area contributed by atoms with E-state index in [2.05, 4.69) is 19.6 Å². The highest BCUT2D eigenvalue weighted by molar-refractivity contribution is 8.00. The summed E-state index contributed by atoms with van der Waals surface area (Å²) in [5.74, 6) is -2.69. The molecular weight excluding hydrogens is 543 g/mol. The molecule has 1 saturated heterocycles. The van der Waals surface area contributed by atoms with E-state index in [9.17, 15) is 26.4 Å². The number of rotatable bonds is 8. The zero-order chi connectivity index (χ0) is 25.9. The maximum atomic E-state index is 13.2. The number of sulfonamides is 1. The fourth-order valence-corrected chi connectivity index (χ4v) is 6.31. The first kappa shape index (κ1) is 26.7. The third kappa shape index (κ3) is 6.12. The molecule has 15 heteroatoms. The van der Waals surface area contributed by atoms with Gasteiger partial charge in [-0.15, -0.1) is 0 Å². The topological polar surface area (TPSA) is 94.6 Å². The molecule has 0 amide bonds. The fourth-order valence-electron chi connectivity index (χ4n) is 3.69. The smallest absolute Gasteiger partial charge is 0.342 e. The monoisotopic (exact) mass is 563 g/mol. The zero-order valence-electron chi connectivity index (χ0n) is 18.5. The van der Waals surface area contributed by atoms with Crippen LogP contribution >= 0.6 is 23.5 Å². The van der Waals surface area contributed by atoms with E-state index >= 15 is 0 Å². The first-order chi connectivity index (χ1) is 17.1. The minimum atomic E-state index is -5.43. The van der Waals surface area contributed by atoms with Gasteiger partial charge in [-0.05, 0) is 35.7 Å². The number of alkyl halides is 3. The van der Waals surface area contributed by atoms with Crippen LogP contribution in [0.15, 0.2) is 70.0 Å². The molecule has 2 heterocycles. The SMILES string of the molecule is O=C(ON([C@H]1SN=C(Cl)N1NC1CCN(Cc2ccccc2)C1)S(=O)(=O)c1ccccc1)C(F)(F)F. The number of hydroxylamine groups is 1. The molecule has 0 aliphatic carbocycles. The van der Waals surface area contributed by atoms with Crippen molar-refractivity contribution in [3.8, 4) is 0 Å². The molecule has 2 aromatic rings. The van der Waals surface area contributed by atoms with E-state index in [0.717, 1.165) is 17.1 Å². The van der Waals surface area contributed by atoms with Crippen molar-refractivity contribution in [1.82, 2.24) is 19.8 Å². The predicted molar refractivity (Wildman–Crippen MR) is 127 cm³/mol. The van der Waals surface area contributed by atoms with Gasteiger partial charge in [0, 0.05) is 42.1 Å². The van der Waals surface area contributed by atoms with Gasteiger partial charge in [0.2, 0.25) is 10.8 Å². The predicted octanol–water partition coefficient (Wildman–Crippen LogP) is 3.32. The lowest BCUT2D eigenvalue weighted by atomic mass is 10.2. The third-order valence-electron chi connectivity index (χ3n) is 5.35. The summed E-state index contributed by atoms with van der Waals surface area (Å²) >= 11 is 6.71. The molecule has 0 aromatic heterocycles. The van der Waals surface area contributed by atoms with Gasteiger partial charge in [-0.1, -0.05) is 48.5 Å². The maximum absolute atomic E-state index is 13.2. The fraction of sp³-hybridized carbons (Fsp3) is 0.333. The first-order valence-corrected chi connectivity index (χ1v) is 13.3. The lowest BCUT2D eigenvalue weighted by molar-refractivity contribution is -0.227. The number of carbonyl (C=O) groups excluding carboxylic acids is 1. The Morgan fingerprint density at radius 2 is 1.81 bits per heavy atom. The molecular formula is C21H21ClF3N5O4S2. The van der Waals surface area contributed by atoms with Crippen LogP contribution in [0.4, 0.5) is 13.2 Å². The Hall–Kier alpha value is -2.36. The third-order valence-corrected chi connectivity index (χ3v) is 8.33. The van der Waals surface area contributed by atoms with Crippen molar-refractivity contribution in [2.45, 2.75) is 35.6 Å². The molecule has 1 unspecified atom stereocenters. The summed E-state index contributed by atoms with van der Waals surface area (Å²) in [7, 11) is -4.74. The molecule has 0 bridgehead atoms. The number of nitrogens with zero attached hydrogens (tertiary/aromatic N) is 4. The molecule has 0 saturated carbocycles. The van der Waals surface area contributed by atoms with E-state index in [0.29, 0.717) is 31.5 Å². The second-order valence-corrected chi connectivity index (χ2v) is 10.9. The second kappa shape index (κ2) is 10.9. The molecule has 2 aliphatic heterocycles. The van der Waals surface area contributed by atoms with Crippen LogP contribution in [-0.2, 0) is 26.2 Å². The van der Waals surface area contributed by atoms with Crippen LogP contribution < -0.4 is 5.43 Å². The molecule has 1 N–H and O–H groups in total. The van der Waals surface area contributed by atoms with Crippen molar-refractivity contribution in [1.29, 1.82) is 0 Å². The van der Waals surface area contributed by atoms with Gasteiger partial charge >= 0.3 is 12.1 Å². The summed E-state index contributed by atoms with van der Waals surface area (Å²) in [6, 6.07) is 16.2. The van der Waals surface area contributed by atoms with Crippen molar-refractivity contribution in [3.05, 3.63) is 66.2 Å². The highest BCUT2D eigenvalue weighted by Crippen LogP contribution is 2.34. The Labute approximate surface area is 215 Å². The summed E-state index contributed by atoms with van der Waals surface area (Å²) < 4.78 is 69.4. The number of hydrogen-bond donors (Lipinski definition) is 1. The zero-order valence-corrected chi connectivity index (χ0v) is 20.9. The largest absolute Gasteiger partial charge is 0.492 e. The summed E-state index contributed by atoms with van der Waals surface area (Å²) in [6.07, 6.45) is -4.78. The van der Waals surface area contributed by atoms with Crippen LogP contribution in [0, 0.1) is 0 Å². The number of hydrogen-bond acceptors (Lipinski definition) is 9. The lowest BCUT2D eigenvalue weighted by Crippen LogP contribution is -2.57. The highest BCUT2D eigenvalue weighted by atomic mass is 35.5. The van der Waals surface area contributed by atoms with Crippen LogP contribution in [-0.4, -0.2) is 64.9 Å². The number of likely N-dealkylation sites (tertiary alicyclic amines) is 1. The van der Waals surface area contributed by atoms with Crippen molar-refractivity contribution in [3.63, 3.8) is 0 Å². The van der Waals surface area contributed by atoms with Crippen LogP contribution in [0.5, 0.6) is 0 Å². The Balaban J connectivity index is 1.53. The molecule has 2 aromatic carbocycles. The normalized spacial score (nSPS) is 21.1. The van der Waals surface area contributed by atoms with E-state index in [-0.39, 0.29) is 20.7 Å². The molecule has 2 aliphatic rings.